The van der Waals surface area contributed by atoms with Crippen LogP contribution >= 0.6 is 15.5 Å². The Kier molecular flexibility index (Phi) is 15.5. The molecule has 8 aromatic carbocycles. The second-order valence-electron chi connectivity index (χ2n) is 16.5. The summed E-state index contributed by atoms with van der Waals surface area (Å²) >= 11 is 0. The molecule has 0 heterocycles. The van der Waals surface area contributed by atoms with Crippen LogP contribution in [0.4, 0.5) is 0 Å². The number of fused-ring (bicyclic) bond motifs is 4. The Labute approximate surface area is 402 Å². The van der Waals surface area contributed by atoms with Crippen molar-refractivity contribution in [2.24, 2.45) is 0 Å². The molecule has 64 heavy (non-hydrogen) atoms. The molecule has 1 spiro atoms. The molecule has 0 aliphatic heterocycles. The second-order valence-corrected chi connectivity index (χ2v) is 21.5. The first-order valence-corrected chi connectivity index (χ1v) is 25.5. The van der Waals surface area contributed by atoms with Gasteiger partial charge in [-0.25, -0.2) is 0 Å². The molecule has 1 saturated carbocycles. The van der Waals surface area contributed by atoms with E-state index in [0.29, 0.717) is 11.8 Å². The number of hydrogen-bond donors (Lipinski definition) is 0. The summed E-state index contributed by atoms with van der Waals surface area (Å²) in [6, 6.07) is 82.8. The predicted octanol–water partition coefficient (Wildman–Crippen LogP) is 11.9. The molecule has 314 valence electrons. The first kappa shape index (κ1) is 45.6. The first-order valence-electron chi connectivity index (χ1n) is 22.2. The van der Waals surface area contributed by atoms with Gasteiger partial charge in [0.05, 0.1) is 18.5 Å². The fraction of sp³-hybridized carbons (Fsp3) is 0.136. The van der Waals surface area contributed by atoms with Crippen molar-refractivity contribution in [1.29, 1.82) is 0 Å². The van der Waals surface area contributed by atoms with Crippen LogP contribution < -0.4 is 21.2 Å². The molecule has 11 rings (SSSR count). The van der Waals surface area contributed by atoms with Gasteiger partial charge in [-0.1, -0.05) is 165 Å². The number of benzene rings is 8. The standard InChI is InChI=1S/C45H40N2P2.2C7H7.Zr/c1-5-17-33(18-6-1)48(34-19-7-2-8-20-34)31-29-46-43-41-37-25-13-15-27-39(37)45(41)40-28-16-14-26-38(40)42(45)44(43)47-30-32-49(35-21-9-3-10-22-35)36-23-11-4-12-24-36;2*1-7-5-3-2-4-6-7;/h1-28,31,41-44,48H,29-30,32H2;2*2-6H,1H2;/q-2;2*-1;+4/p+1/t41?,42?,43-,44-,45?;;;/m1.../s1. The van der Waals surface area contributed by atoms with E-state index in [2.05, 4.69) is 190 Å². The van der Waals surface area contributed by atoms with Crippen LogP contribution in [0.15, 0.2) is 231 Å². The third-order valence-electron chi connectivity index (χ3n) is 12.9. The van der Waals surface area contributed by atoms with E-state index in [9.17, 15) is 0 Å². The Morgan fingerprint density at radius 3 is 1.22 bits per heavy atom. The topological polar surface area (TPSA) is 28.2 Å². The van der Waals surface area contributed by atoms with Crippen LogP contribution in [0.2, 0.25) is 0 Å². The molecule has 1 fully saturated rings. The fourth-order valence-corrected chi connectivity index (χ4v) is 14.9. The van der Waals surface area contributed by atoms with Crippen LogP contribution in [0.5, 0.6) is 0 Å². The van der Waals surface area contributed by atoms with E-state index in [1.54, 1.807) is 0 Å². The van der Waals surface area contributed by atoms with E-state index >= 15 is 0 Å². The molecule has 5 heteroatoms. The quantitative estimate of drug-likeness (QED) is 0.0913. The minimum Gasteiger partial charge on any atom is -0.657 e. The van der Waals surface area contributed by atoms with Crippen LogP contribution in [0.25, 0.3) is 10.6 Å². The summed E-state index contributed by atoms with van der Waals surface area (Å²) < 4.78 is 0. The van der Waals surface area contributed by atoms with Gasteiger partial charge in [0.1, 0.15) is 0 Å². The zero-order valence-corrected chi connectivity index (χ0v) is 40.7. The SMILES string of the molecule is C(C[N-][C@@H]1C2c3ccccc3C23c2ccccc2C3[C@H]1[N-]CC[PH+](c1ccccc1)c1ccccc1)=[PH](c1ccccc1)c1ccccc1.[CH2-]c1ccccc1.[CH2-]c1ccccc1.[Zr+4]. The molecule has 3 aliphatic rings. The maximum atomic E-state index is 5.74. The van der Waals surface area contributed by atoms with Gasteiger partial charge in [-0.2, -0.15) is 49.2 Å². The minimum atomic E-state index is -1.08. The normalized spacial score (nSPS) is 19.3. The van der Waals surface area contributed by atoms with Gasteiger partial charge in [-0.3, -0.25) is 0 Å². The summed E-state index contributed by atoms with van der Waals surface area (Å²) in [6.07, 6.45) is 1.09. The summed E-state index contributed by atoms with van der Waals surface area (Å²) in [4.78, 5) is 0. The summed E-state index contributed by atoms with van der Waals surface area (Å²) in [7, 11) is -2.04. The van der Waals surface area contributed by atoms with Crippen LogP contribution in [-0.2, 0) is 31.6 Å². The molecule has 0 saturated heterocycles. The van der Waals surface area contributed by atoms with E-state index < -0.39 is 15.5 Å². The molecule has 3 aliphatic carbocycles. The minimum absolute atomic E-state index is 0. The summed E-state index contributed by atoms with van der Waals surface area (Å²) in [6.45, 7) is 9.05. The molecule has 0 N–H and O–H groups in total. The van der Waals surface area contributed by atoms with Gasteiger partial charge in [0.15, 0.2) is 0 Å². The van der Waals surface area contributed by atoms with Crippen LogP contribution in [0, 0.1) is 13.8 Å². The van der Waals surface area contributed by atoms with Gasteiger partial charge in [0.2, 0.25) is 0 Å². The maximum absolute atomic E-state index is 5.74. The van der Waals surface area contributed by atoms with Gasteiger partial charge in [-0.15, -0.1) is 55.2 Å². The smallest absolute Gasteiger partial charge is 0.657 e. The van der Waals surface area contributed by atoms with Crippen molar-refractivity contribution >= 4 is 42.5 Å². The molecule has 5 atom stereocenters. The molecular formula is C59H55N2P2Zr+. The van der Waals surface area contributed by atoms with Crippen molar-refractivity contribution in [3.63, 3.8) is 0 Å². The Bertz CT molecular complexity index is 2580. The van der Waals surface area contributed by atoms with Crippen LogP contribution in [0.3, 0.4) is 0 Å². The van der Waals surface area contributed by atoms with Crippen molar-refractivity contribution in [3.05, 3.63) is 288 Å². The average Bonchev–Trinajstić information content (AvgIpc) is 3.54. The predicted molar refractivity (Wildman–Crippen MR) is 277 cm³/mol. The number of hydrogen-bond acceptors (Lipinski definition) is 0. The first-order chi connectivity index (χ1) is 31.1. The maximum Gasteiger partial charge on any atom is 4.00 e. The monoisotopic (exact) mass is 943 g/mol. The molecule has 0 aromatic heterocycles. The molecule has 0 radical (unpaired) electrons. The van der Waals surface area contributed by atoms with Gasteiger partial charge in [0.25, 0.3) is 0 Å². The number of rotatable bonds is 11. The second kappa shape index (κ2) is 21.8. The van der Waals surface area contributed by atoms with E-state index in [1.807, 2.05) is 60.7 Å². The molecule has 3 unspecified atom stereocenters. The van der Waals surface area contributed by atoms with Gasteiger partial charge < -0.3 is 10.6 Å². The molecule has 8 aromatic rings. The average molecular weight is 945 g/mol. The van der Waals surface area contributed by atoms with Crippen molar-refractivity contribution in [3.8, 4) is 0 Å². The summed E-state index contributed by atoms with van der Waals surface area (Å²) in [5.41, 5.74) is 8.19. The molecule has 2 nitrogen and oxygen atoms in total. The van der Waals surface area contributed by atoms with E-state index in [1.165, 1.54) is 43.5 Å². The van der Waals surface area contributed by atoms with Gasteiger partial charge in [0, 0.05) is 11.6 Å². The molecule has 0 bridgehead atoms. The Morgan fingerprint density at radius 1 is 0.453 bits per heavy atom. The van der Waals surface area contributed by atoms with Gasteiger partial charge >= 0.3 is 26.2 Å². The Morgan fingerprint density at radius 2 is 0.812 bits per heavy atom. The summed E-state index contributed by atoms with van der Waals surface area (Å²) in [5, 5.41) is 17.2. The van der Waals surface area contributed by atoms with Crippen molar-refractivity contribution in [2.45, 2.75) is 29.3 Å². The summed E-state index contributed by atoms with van der Waals surface area (Å²) in [5.74, 6) is 3.29. The Hall–Kier alpha value is -4.97. The van der Waals surface area contributed by atoms with Crippen LogP contribution in [-0.4, -0.2) is 37.1 Å². The fourth-order valence-electron chi connectivity index (χ4n) is 10.3. The van der Waals surface area contributed by atoms with Crippen LogP contribution in [0.1, 0.15) is 45.2 Å². The van der Waals surface area contributed by atoms with Crippen molar-refractivity contribution < 1.29 is 26.2 Å². The molecule has 0 amide bonds. The Balaban J connectivity index is 0.000000319. The zero-order chi connectivity index (χ0) is 42.9. The van der Waals surface area contributed by atoms with E-state index in [0.717, 1.165) is 30.4 Å². The van der Waals surface area contributed by atoms with E-state index in [-0.39, 0.29) is 43.7 Å². The van der Waals surface area contributed by atoms with Crippen molar-refractivity contribution in [2.75, 3.05) is 19.3 Å². The van der Waals surface area contributed by atoms with E-state index in [4.69, 9.17) is 10.6 Å². The zero-order valence-electron chi connectivity index (χ0n) is 36.3. The number of nitrogens with zero attached hydrogens (tertiary/aromatic N) is 2. The molecular weight excluding hydrogens is 890 g/mol. The van der Waals surface area contributed by atoms with Crippen molar-refractivity contribution in [1.82, 2.24) is 0 Å². The third-order valence-corrected chi connectivity index (χ3v) is 18.2. The van der Waals surface area contributed by atoms with Gasteiger partial charge in [-0.05, 0) is 69.0 Å². The third kappa shape index (κ3) is 9.54. The largest absolute Gasteiger partial charge is 4.00 e.